The van der Waals surface area contributed by atoms with Gasteiger partial charge in [-0.2, -0.15) is 0 Å². The summed E-state index contributed by atoms with van der Waals surface area (Å²) in [5, 5.41) is 3.10. The smallest absolute Gasteiger partial charge is 0.261 e. The molecule has 0 aliphatic carbocycles. The van der Waals surface area contributed by atoms with E-state index in [1.807, 2.05) is 32.0 Å². The fraction of sp³-hybridized carbons (Fsp3) is 0.208. The Morgan fingerprint density at radius 1 is 0.968 bits per heavy atom. The van der Waals surface area contributed by atoms with Crippen molar-refractivity contribution in [3.63, 3.8) is 0 Å². The van der Waals surface area contributed by atoms with Gasteiger partial charge in [0.15, 0.2) is 0 Å². The number of aryl methyl sites for hydroxylation is 2. The molecule has 3 rings (SSSR count). The molecule has 31 heavy (non-hydrogen) atoms. The Hall–Kier alpha value is -2.83. The molecule has 0 aliphatic rings. The molecule has 0 heterocycles. The molecule has 0 saturated heterocycles. The van der Waals surface area contributed by atoms with Crippen LogP contribution in [0.5, 0.6) is 0 Å². The van der Waals surface area contributed by atoms with E-state index in [1.54, 1.807) is 18.2 Å². The zero-order chi connectivity index (χ0) is 22.8. The first-order valence-electron chi connectivity index (χ1n) is 9.88. The fourth-order valence-electron chi connectivity index (χ4n) is 3.19. The first-order chi connectivity index (χ1) is 14.6. The van der Waals surface area contributed by atoms with E-state index in [-0.39, 0.29) is 27.4 Å². The summed E-state index contributed by atoms with van der Waals surface area (Å²) in [6, 6.07) is 16.9. The van der Waals surface area contributed by atoms with Gasteiger partial charge in [-0.3, -0.25) is 9.52 Å². The van der Waals surface area contributed by atoms with Crippen LogP contribution in [0.15, 0.2) is 65.6 Å². The highest BCUT2D eigenvalue weighted by Crippen LogP contribution is 2.29. The summed E-state index contributed by atoms with van der Waals surface area (Å²) in [6.45, 7) is 7.95. The molecule has 0 radical (unpaired) electrons. The maximum absolute atomic E-state index is 12.8. The molecule has 0 bridgehead atoms. The number of carbonyl (C=O) groups is 1. The van der Waals surface area contributed by atoms with Gasteiger partial charge in [-0.1, -0.05) is 61.3 Å². The van der Waals surface area contributed by atoms with Crippen molar-refractivity contribution in [2.75, 3.05) is 10.0 Å². The minimum atomic E-state index is -3.79. The average Bonchev–Trinajstić information content (AvgIpc) is 2.71. The number of anilines is 2. The fourth-order valence-corrected chi connectivity index (χ4v) is 4.55. The molecule has 0 aliphatic heterocycles. The van der Waals surface area contributed by atoms with E-state index in [0.717, 1.165) is 22.4 Å². The first kappa shape index (κ1) is 22.8. The minimum Gasteiger partial charge on any atom is -0.321 e. The zero-order valence-corrected chi connectivity index (χ0v) is 19.4. The maximum Gasteiger partial charge on any atom is 0.261 e. The van der Waals surface area contributed by atoms with Gasteiger partial charge in [0.2, 0.25) is 0 Å². The second-order valence-electron chi connectivity index (χ2n) is 7.76. The lowest BCUT2D eigenvalue weighted by Gasteiger charge is -2.17. The molecule has 0 atom stereocenters. The van der Waals surface area contributed by atoms with Crippen molar-refractivity contribution in [3.8, 4) is 0 Å². The van der Waals surface area contributed by atoms with Crippen LogP contribution >= 0.6 is 11.6 Å². The van der Waals surface area contributed by atoms with Crippen LogP contribution in [0.4, 0.5) is 11.4 Å². The third-order valence-electron chi connectivity index (χ3n) is 4.97. The van der Waals surface area contributed by atoms with Gasteiger partial charge in [0.05, 0.1) is 15.6 Å². The van der Waals surface area contributed by atoms with Crippen molar-refractivity contribution >= 4 is 38.9 Å². The highest BCUT2D eigenvalue weighted by atomic mass is 35.5. The van der Waals surface area contributed by atoms with Crippen molar-refractivity contribution in [3.05, 3.63) is 87.9 Å². The Morgan fingerprint density at radius 2 is 1.65 bits per heavy atom. The van der Waals surface area contributed by atoms with Gasteiger partial charge >= 0.3 is 0 Å². The zero-order valence-electron chi connectivity index (χ0n) is 17.9. The first-order valence-corrected chi connectivity index (χ1v) is 11.7. The molecule has 162 valence electrons. The van der Waals surface area contributed by atoms with Gasteiger partial charge in [0.1, 0.15) is 0 Å². The average molecular weight is 457 g/mol. The summed E-state index contributed by atoms with van der Waals surface area (Å²) in [5.41, 5.74) is 4.29. The molecule has 3 aromatic rings. The molecule has 5 nitrogen and oxygen atoms in total. The highest BCUT2D eigenvalue weighted by Gasteiger charge is 2.18. The Kier molecular flexibility index (Phi) is 6.72. The van der Waals surface area contributed by atoms with Gasteiger partial charge in [0.25, 0.3) is 15.9 Å². The number of halogens is 1. The van der Waals surface area contributed by atoms with Gasteiger partial charge in [0, 0.05) is 11.3 Å². The van der Waals surface area contributed by atoms with Crippen molar-refractivity contribution in [1.29, 1.82) is 0 Å². The Bertz CT molecular complexity index is 1220. The number of amides is 1. The van der Waals surface area contributed by atoms with Crippen LogP contribution in [0, 0.1) is 13.8 Å². The summed E-state index contributed by atoms with van der Waals surface area (Å²) in [5.74, 6) is -0.0663. The number of hydrogen-bond donors (Lipinski definition) is 2. The van der Waals surface area contributed by atoms with Crippen LogP contribution < -0.4 is 10.0 Å². The van der Waals surface area contributed by atoms with E-state index in [9.17, 15) is 13.2 Å². The van der Waals surface area contributed by atoms with Crippen molar-refractivity contribution in [1.82, 2.24) is 0 Å². The number of rotatable bonds is 6. The van der Waals surface area contributed by atoms with Gasteiger partial charge in [-0.15, -0.1) is 0 Å². The molecule has 3 aromatic carbocycles. The van der Waals surface area contributed by atoms with Crippen LogP contribution in [0.2, 0.25) is 5.02 Å². The normalized spacial score (nSPS) is 11.4. The van der Waals surface area contributed by atoms with E-state index in [4.69, 9.17) is 11.6 Å². The van der Waals surface area contributed by atoms with Gasteiger partial charge in [-0.05, 0) is 61.2 Å². The van der Waals surface area contributed by atoms with Crippen LogP contribution in [0.1, 0.15) is 46.8 Å². The summed E-state index contributed by atoms with van der Waals surface area (Å²) >= 11 is 6.30. The molecule has 2 N–H and O–H groups in total. The lowest BCUT2D eigenvalue weighted by Crippen LogP contribution is -2.16. The molecule has 7 heteroatoms. The topological polar surface area (TPSA) is 75.3 Å². The van der Waals surface area contributed by atoms with Crippen molar-refractivity contribution in [2.45, 2.75) is 38.5 Å². The van der Waals surface area contributed by atoms with E-state index in [0.29, 0.717) is 5.56 Å². The molecule has 0 spiro atoms. The number of hydrogen-bond acceptors (Lipinski definition) is 3. The van der Waals surface area contributed by atoms with Crippen LogP contribution in [0.25, 0.3) is 0 Å². The summed E-state index contributed by atoms with van der Waals surface area (Å²) in [7, 11) is -3.79. The molecule has 0 fully saturated rings. The number of carbonyl (C=O) groups excluding carboxylic acids is 1. The SMILES string of the molecule is Cc1ccc(S(=O)(=O)Nc2ccc(C(=O)Nc3c(C)cccc3C(C)C)cc2Cl)cc1. The Morgan fingerprint density at radius 3 is 2.26 bits per heavy atom. The lowest BCUT2D eigenvalue weighted by molar-refractivity contribution is 0.102. The number of sulfonamides is 1. The molecule has 1 amide bonds. The molecule has 0 aromatic heterocycles. The molecule has 0 unspecified atom stereocenters. The van der Waals surface area contributed by atoms with Crippen molar-refractivity contribution < 1.29 is 13.2 Å². The van der Waals surface area contributed by atoms with Crippen LogP contribution in [0.3, 0.4) is 0 Å². The summed E-state index contributed by atoms with van der Waals surface area (Å²) in [6.07, 6.45) is 0. The number of benzene rings is 3. The molecular weight excluding hydrogens is 432 g/mol. The highest BCUT2D eigenvalue weighted by molar-refractivity contribution is 7.92. The quantitative estimate of drug-likeness (QED) is 0.468. The van der Waals surface area contributed by atoms with E-state index in [2.05, 4.69) is 23.9 Å². The number of para-hydroxylation sites is 1. The van der Waals surface area contributed by atoms with E-state index >= 15 is 0 Å². The van der Waals surface area contributed by atoms with Crippen LogP contribution in [-0.2, 0) is 10.0 Å². The van der Waals surface area contributed by atoms with E-state index in [1.165, 1.54) is 24.3 Å². The monoisotopic (exact) mass is 456 g/mol. The summed E-state index contributed by atoms with van der Waals surface area (Å²) in [4.78, 5) is 13.0. The van der Waals surface area contributed by atoms with Gasteiger partial charge < -0.3 is 5.32 Å². The summed E-state index contributed by atoms with van der Waals surface area (Å²) < 4.78 is 27.7. The van der Waals surface area contributed by atoms with Crippen LogP contribution in [-0.4, -0.2) is 14.3 Å². The van der Waals surface area contributed by atoms with E-state index < -0.39 is 10.0 Å². The van der Waals surface area contributed by atoms with Gasteiger partial charge in [-0.25, -0.2) is 8.42 Å². The number of nitrogens with one attached hydrogen (secondary N) is 2. The predicted molar refractivity (Wildman–Crippen MR) is 127 cm³/mol. The maximum atomic E-state index is 12.8. The second kappa shape index (κ2) is 9.12. The Labute approximate surface area is 188 Å². The van der Waals surface area contributed by atoms with Crippen molar-refractivity contribution in [2.24, 2.45) is 0 Å². The third-order valence-corrected chi connectivity index (χ3v) is 6.67. The predicted octanol–water partition coefficient (Wildman–Crippen LogP) is 6.13. The third kappa shape index (κ3) is 5.27. The molecule has 0 saturated carbocycles. The second-order valence-corrected chi connectivity index (χ2v) is 9.85. The minimum absolute atomic E-state index is 0.136. The standard InChI is InChI=1S/C24H25ClN2O3S/c1-15(2)20-7-5-6-17(4)23(20)26-24(28)18-10-13-22(21(25)14-18)27-31(29,30)19-11-8-16(3)9-12-19/h5-15,27H,1-4H3,(H,26,28). The molecular formula is C24H25ClN2O3S. The largest absolute Gasteiger partial charge is 0.321 e. The lowest BCUT2D eigenvalue weighted by atomic mass is 9.98. The Balaban J connectivity index is 1.83.